The lowest BCUT2D eigenvalue weighted by Gasteiger charge is -2.06. The molecule has 2 heterocycles. The number of hydrogen-bond acceptors (Lipinski definition) is 4. The van der Waals surface area contributed by atoms with E-state index >= 15 is 0 Å². The number of fused-ring (bicyclic) bond motifs is 1. The monoisotopic (exact) mass is 316 g/mol. The number of imidazole rings is 1. The molecular formula is C19H16N4O. The number of nitrogen functional groups attached to an aromatic ring is 1. The van der Waals surface area contributed by atoms with Gasteiger partial charge in [0.25, 0.3) is 0 Å². The molecule has 5 heteroatoms. The molecule has 2 aromatic heterocycles. The topological polar surface area (TPSA) is 65.4 Å². The van der Waals surface area contributed by atoms with Crippen LogP contribution in [0.2, 0.25) is 0 Å². The summed E-state index contributed by atoms with van der Waals surface area (Å²) in [6, 6.07) is 17.7. The molecule has 0 fully saturated rings. The highest BCUT2D eigenvalue weighted by molar-refractivity contribution is 5.72. The number of nitrogens with zero attached hydrogens (tertiary/aromatic N) is 3. The van der Waals surface area contributed by atoms with Gasteiger partial charge in [0, 0.05) is 23.5 Å². The van der Waals surface area contributed by atoms with Crippen molar-refractivity contribution in [2.45, 2.75) is 0 Å². The lowest BCUT2D eigenvalue weighted by atomic mass is 10.1. The quantitative estimate of drug-likeness (QED) is 0.626. The smallest absolute Gasteiger partial charge is 0.180 e. The van der Waals surface area contributed by atoms with E-state index in [1.165, 1.54) is 0 Å². The fraction of sp³-hybridized carbons (Fsp3) is 0.0526. The number of methoxy groups -OCH3 is 1. The number of anilines is 1. The molecule has 0 saturated heterocycles. The Morgan fingerprint density at radius 3 is 2.33 bits per heavy atom. The first kappa shape index (κ1) is 14.3. The van der Waals surface area contributed by atoms with Crippen molar-refractivity contribution in [1.29, 1.82) is 0 Å². The van der Waals surface area contributed by atoms with Crippen LogP contribution in [0.4, 0.5) is 5.82 Å². The Morgan fingerprint density at radius 2 is 1.58 bits per heavy atom. The lowest BCUT2D eigenvalue weighted by molar-refractivity contribution is 0.415. The van der Waals surface area contributed by atoms with Crippen LogP contribution in [0.1, 0.15) is 0 Å². The minimum Gasteiger partial charge on any atom is -0.497 e. The Morgan fingerprint density at radius 1 is 0.875 bits per heavy atom. The second-order valence-corrected chi connectivity index (χ2v) is 5.47. The summed E-state index contributed by atoms with van der Waals surface area (Å²) >= 11 is 0. The minimum atomic E-state index is 0.400. The fourth-order valence-corrected chi connectivity index (χ4v) is 2.69. The highest BCUT2D eigenvalue weighted by Crippen LogP contribution is 2.26. The summed E-state index contributed by atoms with van der Waals surface area (Å²) in [5, 5.41) is 0. The number of nitrogens with two attached hydrogens (primary N) is 1. The molecule has 0 aliphatic heterocycles. The largest absolute Gasteiger partial charge is 0.497 e. The molecule has 4 rings (SSSR count). The van der Waals surface area contributed by atoms with E-state index in [0.29, 0.717) is 11.5 Å². The first-order valence-electron chi connectivity index (χ1n) is 7.59. The van der Waals surface area contributed by atoms with Crippen molar-refractivity contribution < 1.29 is 4.74 Å². The van der Waals surface area contributed by atoms with Crippen LogP contribution in [0.25, 0.3) is 28.2 Å². The van der Waals surface area contributed by atoms with Gasteiger partial charge in [0.05, 0.1) is 18.5 Å². The molecule has 2 aromatic carbocycles. The SMILES string of the molecule is COc1cccc(-c2cn3cc(-c4ccccc4)nc3c(N)n2)c1. The second kappa shape index (κ2) is 5.70. The zero-order valence-electron chi connectivity index (χ0n) is 13.2. The molecule has 0 saturated carbocycles. The molecule has 0 atom stereocenters. The van der Waals surface area contributed by atoms with Crippen LogP contribution < -0.4 is 10.5 Å². The van der Waals surface area contributed by atoms with Crippen molar-refractivity contribution in [3.63, 3.8) is 0 Å². The third-order valence-electron chi connectivity index (χ3n) is 3.90. The van der Waals surface area contributed by atoms with Gasteiger partial charge in [-0.15, -0.1) is 0 Å². The number of ether oxygens (including phenoxy) is 1. The predicted octanol–water partition coefficient (Wildman–Crippen LogP) is 3.65. The third kappa shape index (κ3) is 2.46. The Balaban J connectivity index is 1.85. The summed E-state index contributed by atoms with van der Waals surface area (Å²) in [6.45, 7) is 0. The van der Waals surface area contributed by atoms with Crippen LogP contribution in [0, 0.1) is 0 Å². The van der Waals surface area contributed by atoms with E-state index in [2.05, 4.69) is 9.97 Å². The highest BCUT2D eigenvalue weighted by atomic mass is 16.5. The van der Waals surface area contributed by atoms with Gasteiger partial charge in [-0.2, -0.15) is 0 Å². The summed E-state index contributed by atoms with van der Waals surface area (Å²) < 4.78 is 7.19. The first-order chi connectivity index (χ1) is 11.7. The molecule has 0 amide bonds. The molecule has 118 valence electrons. The van der Waals surface area contributed by atoms with Crippen molar-refractivity contribution in [2.24, 2.45) is 0 Å². The summed E-state index contributed by atoms with van der Waals surface area (Å²) in [6.07, 6.45) is 3.90. The second-order valence-electron chi connectivity index (χ2n) is 5.47. The van der Waals surface area contributed by atoms with Gasteiger partial charge in [-0.1, -0.05) is 42.5 Å². The first-order valence-corrected chi connectivity index (χ1v) is 7.59. The van der Waals surface area contributed by atoms with E-state index in [0.717, 1.165) is 28.3 Å². The zero-order valence-corrected chi connectivity index (χ0v) is 13.2. The van der Waals surface area contributed by atoms with Crippen LogP contribution in [-0.2, 0) is 0 Å². The molecular weight excluding hydrogens is 300 g/mol. The molecule has 24 heavy (non-hydrogen) atoms. The zero-order chi connectivity index (χ0) is 16.5. The molecule has 0 unspecified atom stereocenters. The third-order valence-corrected chi connectivity index (χ3v) is 3.90. The van der Waals surface area contributed by atoms with E-state index in [-0.39, 0.29) is 0 Å². The molecule has 5 nitrogen and oxygen atoms in total. The van der Waals surface area contributed by atoms with Gasteiger partial charge in [-0.3, -0.25) is 0 Å². The van der Waals surface area contributed by atoms with Gasteiger partial charge >= 0.3 is 0 Å². The van der Waals surface area contributed by atoms with E-state index in [4.69, 9.17) is 10.5 Å². The Kier molecular flexibility index (Phi) is 3.39. The molecule has 0 aliphatic rings. The van der Waals surface area contributed by atoms with Gasteiger partial charge in [-0.05, 0) is 12.1 Å². The van der Waals surface area contributed by atoms with E-state index < -0.39 is 0 Å². The van der Waals surface area contributed by atoms with Gasteiger partial charge in [0.1, 0.15) is 5.75 Å². The molecule has 0 aliphatic carbocycles. The van der Waals surface area contributed by atoms with E-state index in [1.807, 2.05) is 71.4 Å². The molecule has 0 radical (unpaired) electrons. The van der Waals surface area contributed by atoms with E-state index in [9.17, 15) is 0 Å². The van der Waals surface area contributed by atoms with Crippen molar-refractivity contribution in [3.05, 3.63) is 67.0 Å². The standard InChI is InChI=1S/C19H16N4O/c1-24-15-9-5-8-14(10-15)17-12-23-11-16(13-6-3-2-4-7-13)22-19(23)18(20)21-17/h2-12H,1H3,(H2,20,21). The van der Waals surface area contributed by atoms with Crippen LogP contribution >= 0.6 is 0 Å². The van der Waals surface area contributed by atoms with Gasteiger partial charge < -0.3 is 14.9 Å². The summed E-state index contributed by atoms with van der Waals surface area (Å²) in [5.74, 6) is 1.18. The molecule has 0 spiro atoms. The maximum Gasteiger partial charge on any atom is 0.180 e. The molecule has 4 aromatic rings. The number of hydrogen-bond donors (Lipinski definition) is 1. The van der Waals surface area contributed by atoms with Gasteiger partial charge in [-0.25, -0.2) is 9.97 Å². The lowest BCUT2D eigenvalue weighted by Crippen LogP contribution is -1.98. The average molecular weight is 316 g/mol. The van der Waals surface area contributed by atoms with Crippen molar-refractivity contribution in [1.82, 2.24) is 14.4 Å². The number of benzene rings is 2. The maximum atomic E-state index is 6.13. The highest BCUT2D eigenvalue weighted by Gasteiger charge is 2.11. The van der Waals surface area contributed by atoms with Crippen LogP contribution in [0.15, 0.2) is 67.0 Å². The Hall–Kier alpha value is -3.34. The number of rotatable bonds is 3. The summed E-state index contributed by atoms with van der Waals surface area (Å²) in [4.78, 5) is 9.09. The van der Waals surface area contributed by atoms with Crippen molar-refractivity contribution >= 4 is 11.5 Å². The molecule has 0 bridgehead atoms. The van der Waals surface area contributed by atoms with Crippen molar-refractivity contribution in [2.75, 3.05) is 12.8 Å². The summed E-state index contributed by atoms with van der Waals surface area (Å²) in [7, 11) is 1.64. The summed E-state index contributed by atoms with van der Waals surface area (Å²) in [5.41, 5.74) is 10.4. The van der Waals surface area contributed by atoms with Gasteiger partial charge in [0.2, 0.25) is 0 Å². The van der Waals surface area contributed by atoms with Gasteiger partial charge in [0.15, 0.2) is 11.5 Å². The predicted molar refractivity (Wildman–Crippen MR) is 94.8 cm³/mol. The van der Waals surface area contributed by atoms with Crippen LogP contribution in [-0.4, -0.2) is 21.5 Å². The minimum absolute atomic E-state index is 0.400. The Bertz CT molecular complexity index is 1010. The van der Waals surface area contributed by atoms with E-state index in [1.54, 1.807) is 7.11 Å². The Labute approximate surface area is 139 Å². The molecule has 2 N–H and O–H groups in total. The average Bonchev–Trinajstić information content (AvgIpc) is 3.07. The van der Waals surface area contributed by atoms with Crippen LogP contribution in [0.5, 0.6) is 5.75 Å². The fourth-order valence-electron chi connectivity index (χ4n) is 2.69. The number of aromatic nitrogens is 3. The normalized spacial score (nSPS) is 10.9. The van der Waals surface area contributed by atoms with Crippen LogP contribution in [0.3, 0.4) is 0 Å². The maximum absolute atomic E-state index is 6.13. The van der Waals surface area contributed by atoms with Crippen molar-refractivity contribution in [3.8, 4) is 28.3 Å².